The van der Waals surface area contributed by atoms with E-state index in [1.165, 1.54) is 9.80 Å². The number of amides is 1. The van der Waals surface area contributed by atoms with Crippen molar-refractivity contribution >= 4 is 11.9 Å². The fraction of sp³-hybridized carbons (Fsp3) is 0.579. The first-order valence-corrected chi connectivity index (χ1v) is 9.31. The van der Waals surface area contributed by atoms with Crippen molar-refractivity contribution in [3.05, 3.63) is 35.9 Å². The molecule has 0 saturated carbocycles. The Morgan fingerprint density at radius 2 is 2.00 bits per heavy atom. The van der Waals surface area contributed by atoms with E-state index in [-0.39, 0.29) is 18.5 Å². The zero-order valence-corrected chi connectivity index (χ0v) is 16.3. The van der Waals surface area contributed by atoms with Crippen LogP contribution in [0.25, 0.3) is 0 Å². The number of likely N-dealkylation sites (N-methyl/N-ethyl adjacent to an activating group) is 1. The van der Waals surface area contributed by atoms with Crippen molar-refractivity contribution in [2.75, 3.05) is 46.8 Å². The summed E-state index contributed by atoms with van der Waals surface area (Å²) in [5, 5.41) is 6.35. The molecule has 0 aliphatic carbocycles. The van der Waals surface area contributed by atoms with Gasteiger partial charge in [-0.25, -0.2) is 4.99 Å². The minimum atomic E-state index is -4.20. The largest absolute Gasteiger partial charge is 0.401 e. The van der Waals surface area contributed by atoms with Gasteiger partial charge < -0.3 is 15.5 Å². The summed E-state index contributed by atoms with van der Waals surface area (Å²) in [6.07, 6.45) is -2.83. The van der Waals surface area contributed by atoms with E-state index in [0.29, 0.717) is 32.0 Å². The highest BCUT2D eigenvalue weighted by Crippen LogP contribution is 2.19. The predicted molar refractivity (Wildman–Crippen MR) is 103 cm³/mol. The van der Waals surface area contributed by atoms with Crippen LogP contribution in [0.15, 0.2) is 35.3 Å². The van der Waals surface area contributed by atoms with Crippen molar-refractivity contribution in [1.29, 1.82) is 0 Å². The van der Waals surface area contributed by atoms with Gasteiger partial charge in [0.2, 0.25) is 5.91 Å². The molecule has 1 fully saturated rings. The molecule has 1 saturated heterocycles. The molecule has 0 bridgehead atoms. The fourth-order valence-electron chi connectivity index (χ4n) is 2.95. The van der Waals surface area contributed by atoms with Crippen LogP contribution >= 0.6 is 0 Å². The molecule has 1 atom stereocenters. The van der Waals surface area contributed by atoms with Crippen LogP contribution in [0.2, 0.25) is 0 Å². The van der Waals surface area contributed by atoms with Crippen LogP contribution in [-0.4, -0.2) is 80.7 Å². The van der Waals surface area contributed by atoms with E-state index in [9.17, 15) is 18.0 Å². The van der Waals surface area contributed by atoms with Crippen LogP contribution in [0.5, 0.6) is 0 Å². The standard InChI is InChI=1S/C19H28F3N5O/c1-26(2)17(28)12-24-18(23-10-8-15-6-4-3-5-7-15)25-16-9-11-27(13-16)14-19(20,21)22/h3-7,16H,8-14H2,1-2H3,(H2,23,24,25). The number of halogens is 3. The Balaban J connectivity index is 1.90. The van der Waals surface area contributed by atoms with Gasteiger partial charge in [0.05, 0.1) is 6.54 Å². The normalized spacial score (nSPS) is 18.2. The van der Waals surface area contributed by atoms with E-state index < -0.39 is 12.7 Å². The summed E-state index contributed by atoms with van der Waals surface area (Å²) in [7, 11) is 3.31. The lowest BCUT2D eigenvalue weighted by Crippen LogP contribution is -2.46. The third kappa shape index (κ3) is 8.16. The number of carbonyl (C=O) groups is 1. The van der Waals surface area contributed by atoms with Crippen molar-refractivity contribution in [1.82, 2.24) is 20.4 Å². The predicted octanol–water partition coefficient (Wildman–Crippen LogP) is 1.49. The Hall–Kier alpha value is -2.29. The lowest BCUT2D eigenvalue weighted by molar-refractivity contribution is -0.143. The average Bonchev–Trinajstić information content (AvgIpc) is 3.05. The highest BCUT2D eigenvalue weighted by Gasteiger charge is 2.34. The molecule has 9 heteroatoms. The summed E-state index contributed by atoms with van der Waals surface area (Å²) in [5.41, 5.74) is 1.16. The van der Waals surface area contributed by atoms with Crippen molar-refractivity contribution < 1.29 is 18.0 Å². The molecule has 28 heavy (non-hydrogen) atoms. The summed E-state index contributed by atoms with van der Waals surface area (Å²) in [6.45, 7) is 0.349. The second kappa shape index (κ2) is 10.3. The van der Waals surface area contributed by atoms with Crippen molar-refractivity contribution in [2.24, 2.45) is 4.99 Å². The molecule has 1 aliphatic heterocycles. The molecule has 2 rings (SSSR count). The lowest BCUT2D eigenvalue weighted by Gasteiger charge is -2.20. The zero-order valence-electron chi connectivity index (χ0n) is 16.3. The van der Waals surface area contributed by atoms with Gasteiger partial charge in [-0.05, 0) is 18.4 Å². The highest BCUT2D eigenvalue weighted by molar-refractivity contribution is 5.85. The third-order valence-electron chi connectivity index (χ3n) is 4.44. The van der Waals surface area contributed by atoms with Crippen LogP contribution in [0.3, 0.4) is 0 Å². The molecule has 2 N–H and O–H groups in total. The van der Waals surface area contributed by atoms with E-state index >= 15 is 0 Å². The SMILES string of the molecule is CN(C)C(=O)CN=C(NCCc1ccccc1)NC1CCN(CC(F)(F)F)C1. The van der Waals surface area contributed by atoms with E-state index in [0.717, 1.165) is 12.0 Å². The molecule has 1 amide bonds. The summed E-state index contributed by atoms with van der Waals surface area (Å²) in [6, 6.07) is 9.78. The number of nitrogens with one attached hydrogen (secondary N) is 2. The van der Waals surface area contributed by atoms with Gasteiger partial charge in [0.25, 0.3) is 0 Å². The number of guanidine groups is 1. The number of benzene rings is 1. The van der Waals surface area contributed by atoms with Gasteiger partial charge in [0.15, 0.2) is 5.96 Å². The smallest absolute Gasteiger partial charge is 0.356 e. The monoisotopic (exact) mass is 399 g/mol. The lowest BCUT2D eigenvalue weighted by atomic mass is 10.1. The van der Waals surface area contributed by atoms with Gasteiger partial charge in [-0.1, -0.05) is 30.3 Å². The molecule has 1 aliphatic rings. The number of aliphatic imine (C=N–C) groups is 1. The first kappa shape index (κ1) is 22.0. The summed E-state index contributed by atoms with van der Waals surface area (Å²) in [5.74, 6) is 0.305. The molecule has 1 aromatic carbocycles. The quantitative estimate of drug-likeness (QED) is 0.539. The molecule has 0 radical (unpaired) electrons. The Kier molecular flexibility index (Phi) is 8.10. The second-order valence-electron chi connectivity index (χ2n) is 7.10. The topological polar surface area (TPSA) is 60.0 Å². The molecule has 6 nitrogen and oxygen atoms in total. The van der Waals surface area contributed by atoms with E-state index in [4.69, 9.17) is 0 Å². The number of alkyl halides is 3. The number of hydrogen-bond acceptors (Lipinski definition) is 3. The van der Waals surface area contributed by atoms with Crippen molar-refractivity contribution in [3.63, 3.8) is 0 Å². The first-order valence-electron chi connectivity index (χ1n) is 9.31. The molecule has 1 heterocycles. The summed E-state index contributed by atoms with van der Waals surface area (Å²) >= 11 is 0. The first-order chi connectivity index (χ1) is 13.2. The van der Waals surface area contributed by atoms with Gasteiger partial charge in [0.1, 0.15) is 6.54 Å². The Morgan fingerprint density at radius 1 is 1.29 bits per heavy atom. The van der Waals surface area contributed by atoms with Gasteiger partial charge in [-0.2, -0.15) is 13.2 Å². The van der Waals surface area contributed by atoms with E-state index in [1.54, 1.807) is 14.1 Å². The van der Waals surface area contributed by atoms with Gasteiger partial charge in [0, 0.05) is 39.8 Å². The van der Waals surface area contributed by atoms with Crippen LogP contribution in [-0.2, 0) is 11.2 Å². The van der Waals surface area contributed by atoms with Crippen LogP contribution in [0, 0.1) is 0 Å². The van der Waals surface area contributed by atoms with Gasteiger partial charge >= 0.3 is 6.18 Å². The molecule has 0 spiro atoms. The van der Waals surface area contributed by atoms with Crippen molar-refractivity contribution in [2.45, 2.75) is 25.1 Å². The van der Waals surface area contributed by atoms with Crippen LogP contribution in [0.4, 0.5) is 13.2 Å². The Bertz CT molecular complexity index is 649. The average molecular weight is 399 g/mol. The summed E-state index contributed by atoms with van der Waals surface area (Å²) in [4.78, 5) is 18.9. The minimum Gasteiger partial charge on any atom is -0.356 e. The number of likely N-dealkylation sites (tertiary alicyclic amines) is 1. The van der Waals surface area contributed by atoms with Crippen molar-refractivity contribution in [3.8, 4) is 0 Å². The molecule has 1 aromatic rings. The molecule has 0 aromatic heterocycles. The maximum atomic E-state index is 12.6. The number of hydrogen-bond donors (Lipinski definition) is 2. The number of carbonyl (C=O) groups excluding carboxylic acids is 1. The molecule has 156 valence electrons. The Labute approximate surface area is 163 Å². The highest BCUT2D eigenvalue weighted by atomic mass is 19.4. The van der Waals surface area contributed by atoms with Crippen LogP contribution < -0.4 is 10.6 Å². The maximum Gasteiger partial charge on any atom is 0.401 e. The Morgan fingerprint density at radius 3 is 2.64 bits per heavy atom. The van der Waals surface area contributed by atoms with Gasteiger partial charge in [-0.15, -0.1) is 0 Å². The second-order valence-corrected chi connectivity index (χ2v) is 7.10. The molecule has 1 unspecified atom stereocenters. The van der Waals surface area contributed by atoms with Crippen LogP contribution in [0.1, 0.15) is 12.0 Å². The number of nitrogens with zero attached hydrogens (tertiary/aromatic N) is 3. The van der Waals surface area contributed by atoms with E-state index in [2.05, 4.69) is 15.6 Å². The van der Waals surface area contributed by atoms with Gasteiger partial charge in [-0.3, -0.25) is 9.69 Å². The number of rotatable bonds is 7. The molecular formula is C19H28F3N5O. The summed E-state index contributed by atoms with van der Waals surface area (Å²) < 4.78 is 37.7. The minimum absolute atomic E-state index is 0.0212. The molecular weight excluding hydrogens is 371 g/mol. The van der Waals surface area contributed by atoms with E-state index in [1.807, 2.05) is 30.3 Å². The maximum absolute atomic E-state index is 12.6. The zero-order chi connectivity index (χ0) is 20.6. The fourth-order valence-corrected chi connectivity index (χ4v) is 2.95. The third-order valence-corrected chi connectivity index (χ3v) is 4.44.